The second kappa shape index (κ2) is 5.40. The van der Waals surface area contributed by atoms with Crippen molar-refractivity contribution in [2.24, 2.45) is 0 Å². The van der Waals surface area contributed by atoms with E-state index in [-0.39, 0.29) is 5.97 Å². The molecule has 0 saturated heterocycles. The number of esters is 1. The first-order valence-corrected chi connectivity index (χ1v) is 4.52. The normalized spacial score (nSPS) is 12.1. The Morgan fingerprint density at radius 3 is 3.00 bits per heavy atom. The maximum atomic E-state index is 11.4. The topological polar surface area (TPSA) is 35.5 Å². The lowest BCUT2D eigenvalue weighted by Gasteiger charge is -2.12. The van der Waals surface area contributed by atoms with Gasteiger partial charge in [-0.1, -0.05) is 12.1 Å². The molecule has 1 radical (unpaired) electrons. The number of rotatable bonds is 4. The fraction of sp³-hybridized carbons (Fsp3) is 0.364. The van der Waals surface area contributed by atoms with E-state index < -0.39 is 6.29 Å². The van der Waals surface area contributed by atoms with E-state index >= 15 is 0 Å². The summed E-state index contributed by atoms with van der Waals surface area (Å²) in [4.78, 5) is 11.4. The van der Waals surface area contributed by atoms with Crippen molar-refractivity contribution in [3.05, 3.63) is 35.9 Å². The van der Waals surface area contributed by atoms with Gasteiger partial charge in [-0.3, -0.25) is 0 Å². The molecule has 0 aromatic heterocycles. The molecule has 0 N–H and O–H groups in total. The van der Waals surface area contributed by atoms with Gasteiger partial charge in [0.05, 0.1) is 5.56 Å². The molecule has 1 rings (SSSR count). The van der Waals surface area contributed by atoms with Gasteiger partial charge in [0.25, 0.3) is 0 Å². The number of ether oxygens (including phenoxy) is 2. The maximum Gasteiger partial charge on any atom is 0.340 e. The molecule has 0 heterocycles. The standard InChI is InChI=1S/C11H13O3/c1-3-13-9(2)14-11(12)10-7-5-4-6-8-10/h4-5,7-9H,3H2,1-2H3. The first-order chi connectivity index (χ1) is 6.74. The molecular weight excluding hydrogens is 180 g/mol. The summed E-state index contributed by atoms with van der Waals surface area (Å²) < 4.78 is 10.1. The van der Waals surface area contributed by atoms with E-state index in [1.807, 2.05) is 6.92 Å². The second-order valence-corrected chi connectivity index (χ2v) is 2.72. The molecule has 0 aliphatic rings. The van der Waals surface area contributed by atoms with Gasteiger partial charge < -0.3 is 9.47 Å². The van der Waals surface area contributed by atoms with Crippen LogP contribution in [0, 0.1) is 6.07 Å². The molecule has 0 aliphatic carbocycles. The molecular formula is C11H13O3. The Morgan fingerprint density at radius 1 is 1.64 bits per heavy atom. The van der Waals surface area contributed by atoms with Crippen LogP contribution in [-0.2, 0) is 9.47 Å². The van der Waals surface area contributed by atoms with E-state index in [0.29, 0.717) is 12.2 Å². The highest BCUT2D eigenvalue weighted by Gasteiger charge is 2.10. The zero-order valence-corrected chi connectivity index (χ0v) is 8.32. The highest BCUT2D eigenvalue weighted by molar-refractivity contribution is 5.89. The van der Waals surface area contributed by atoms with Crippen molar-refractivity contribution in [1.82, 2.24) is 0 Å². The molecule has 0 fully saturated rings. The van der Waals surface area contributed by atoms with Gasteiger partial charge in [0.2, 0.25) is 0 Å². The van der Waals surface area contributed by atoms with Gasteiger partial charge in [-0.15, -0.1) is 0 Å². The Labute approximate surface area is 83.6 Å². The van der Waals surface area contributed by atoms with Crippen LogP contribution in [0.4, 0.5) is 0 Å². The SMILES string of the molecule is CCOC(C)OC(=O)c1c[c]ccc1. The molecule has 75 valence electrons. The van der Waals surface area contributed by atoms with Gasteiger partial charge in [-0.25, -0.2) is 4.79 Å². The predicted molar refractivity (Wildman–Crippen MR) is 51.8 cm³/mol. The summed E-state index contributed by atoms with van der Waals surface area (Å²) in [6.07, 6.45) is -0.507. The van der Waals surface area contributed by atoms with Crippen LogP contribution in [-0.4, -0.2) is 18.9 Å². The Morgan fingerprint density at radius 2 is 2.43 bits per heavy atom. The van der Waals surface area contributed by atoms with E-state index in [0.717, 1.165) is 0 Å². The summed E-state index contributed by atoms with van der Waals surface area (Å²) in [7, 11) is 0. The van der Waals surface area contributed by atoms with Crippen LogP contribution in [0.25, 0.3) is 0 Å². The second-order valence-electron chi connectivity index (χ2n) is 2.72. The Bertz CT molecular complexity index is 282. The summed E-state index contributed by atoms with van der Waals surface area (Å²) >= 11 is 0. The highest BCUT2D eigenvalue weighted by atomic mass is 16.7. The third kappa shape index (κ3) is 3.18. The van der Waals surface area contributed by atoms with Gasteiger partial charge in [-0.05, 0) is 32.0 Å². The molecule has 0 saturated carbocycles. The van der Waals surface area contributed by atoms with E-state index in [4.69, 9.17) is 9.47 Å². The predicted octanol–water partition coefficient (Wildman–Crippen LogP) is 2.03. The van der Waals surface area contributed by atoms with Gasteiger partial charge in [0.1, 0.15) is 0 Å². The van der Waals surface area contributed by atoms with Crippen LogP contribution in [0.1, 0.15) is 24.2 Å². The highest BCUT2D eigenvalue weighted by Crippen LogP contribution is 2.03. The summed E-state index contributed by atoms with van der Waals surface area (Å²) in [5, 5.41) is 0. The fourth-order valence-corrected chi connectivity index (χ4v) is 1.01. The van der Waals surface area contributed by atoms with Crippen molar-refractivity contribution < 1.29 is 14.3 Å². The zero-order valence-electron chi connectivity index (χ0n) is 8.32. The monoisotopic (exact) mass is 193 g/mol. The minimum absolute atomic E-state index is 0.386. The van der Waals surface area contributed by atoms with Crippen LogP contribution in [0.2, 0.25) is 0 Å². The summed E-state index contributed by atoms with van der Waals surface area (Å²) in [5.74, 6) is -0.386. The molecule has 0 amide bonds. The van der Waals surface area contributed by atoms with Crippen LogP contribution in [0.3, 0.4) is 0 Å². The fourth-order valence-electron chi connectivity index (χ4n) is 1.01. The molecule has 1 aromatic rings. The average Bonchev–Trinajstić information content (AvgIpc) is 2.19. The summed E-state index contributed by atoms with van der Waals surface area (Å²) in [5.41, 5.74) is 0.485. The quantitative estimate of drug-likeness (QED) is 0.542. The minimum atomic E-state index is -0.507. The van der Waals surface area contributed by atoms with Crippen LogP contribution < -0.4 is 0 Å². The van der Waals surface area contributed by atoms with E-state index in [1.54, 1.807) is 31.2 Å². The zero-order chi connectivity index (χ0) is 10.4. The molecule has 0 aliphatic heterocycles. The third-order valence-corrected chi connectivity index (χ3v) is 1.62. The lowest BCUT2D eigenvalue weighted by atomic mass is 10.2. The lowest BCUT2D eigenvalue weighted by Crippen LogP contribution is -2.18. The number of benzene rings is 1. The molecule has 3 nitrogen and oxygen atoms in total. The van der Waals surface area contributed by atoms with Gasteiger partial charge >= 0.3 is 5.97 Å². The largest absolute Gasteiger partial charge is 0.432 e. The Balaban J connectivity index is 2.51. The third-order valence-electron chi connectivity index (χ3n) is 1.62. The smallest absolute Gasteiger partial charge is 0.340 e. The van der Waals surface area contributed by atoms with E-state index in [1.165, 1.54) is 0 Å². The molecule has 14 heavy (non-hydrogen) atoms. The first-order valence-electron chi connectivity index (χ1n) is 4.52. The maximum absolute atomic E-state index is 11.4. The van der Waals surface area contributed by atoms with E-state index in [9.17, 15) is 4.79 Å². The van der Waals surface area contributed by atoms with E-state index in [2.05, 4.69) is 6.07 Å². The minimum Gasteiger partial charge on any atom is -0.432 e. The van der Waals surface area contributed by atoms with Gasteiger partial charge in [0.15, 0.2) is 6.29 Å². The first kappa shape index (κ1) is 10.7. The van der Waals surface area contributed by atoms with Crippen molar-refractivity contribution in [2.75, 3.05) is 6.61 Å². The van der Waals surface area contributed by atoms with Crippen molar-refractivity contribution in [2.45, 2.75) is 20.1 Å². The van der Waals surface area contributed by atoms with Gasteiger partial charge in [0, 0.05) is 6.61 Å². The van der Waals surface area contributed by atoms with Crippen LogP contribution in [0.5, 0.6) is 0 Å². The molecule has 1 atom stereocenters. The van der Waals surface area contributed by atoms with Crippen molar-refractivity contribution in [3.63, 3.8) is 0 Å². The van der Waals surface area contributed by atoms with Crippen molar-refractivity contribution in [3.8, 4) is 0 Å². The average molecular weight is 193 g/mol. The van der Waals surface area contributed by atoms with Crippen molar-refractivity contribution >= 4 is 5.97 Å². The summed E-state index contributed by atoms with van der Waals surface area (Å²) in [6, 6.07) is 9.53. The van der Waals surface area contributed by atoms with Crippen molar-refractivity contribution in [1.29, 1.82) is 0 Å². The molecule has 0 bridgehead atoms. The molecule has 0 spiro atoms. The summed E-state index contributed by atoms with van der Waals surface area (Å²) in [6.45, 7) is 4.06. The Hall–Kier alpha value is -1.35. The molecule has 3 heteroatoms. The van der Waals surface area contributed by atoms with Crippen LogP contribution >= 0.6 is 0 Å². The molecule has 1 aromatic carbocycles. The Kier molecular flexibility index (Phi) is 4.13. The molecule has 1 unspecified atom stereocenters. The number of hydrogen-bond donors (Lipinski definition) is 0. The number of hydrogen-bond acceptors (Lipinski definition) is 3. The lowest BCUT2D eigenvalue weighted by molar-refractivity contribution is -0.0940. The number of carbonyl (C=O) groups excluding carboxylic acids is 1. The van der Waals surface area contributed by atoms with Gasteiger partial charge in [-0.2, -0.15) is 0 Å². The number of carbonyl (C=O) groups is 1. The van der Waals surface area contributed by atoms with Crippen LogP contribution in [0.15, 0.2) is 24.3 Å².